The number of hydrogen-bond acceptors (Lipinski definition) is 17. The van der Waals surface area contributed by atoms with E-state index in [1.807, 2.05) is 0 Å². The highest BCUT2D eigenvalue weighted by Crippen LogP contribution is 2.39. The Morgan fingerprint density at radius 2 is 1.36 bits per heavy atom. The van der Waals surface area contributed by atoms with Crippen molar-refractivity contribution < 1.29 is 77.6 Å². The van der Waals surface area contributed by atoms with Crippen molar-refractivity contribution in [2.75, 3.05) is 33.3 Å². The quantitative estimate of drug-likeness (QED) is 0.153. The maximum atomic E-state index is 14.3. The lowest BCUT2D eigenvalue weighted by atomic mass is 9.72. The van der Waals surface area contributed by atoms with Gasteiger partial charge in [-0.2, -0.15) is 0 Å². The SMILES string of the molecule is CN(C(=O)OC(C)(C)C)[C@@H]1[C@@H](O)[C@@H](O[C@@H]2[C@@H](O)[C@H](C3OC(CN)=CC[C@H]3NC(=O)OC(C)(C)C)[C@@H](NC(=O)OC(C)(C)C)C[C@H]2NC(=O)C2(O)CCN(C(=O)OC(C)(C)C)C2)OC[C@]1(C)O. The topological polar surface area (TPSA) is 299 Å². The number of likely N-dealkylation sites (tertiary alicyclic amines) is 1. The van der Waals surface area contributed by atoms with Gasteiger partial charge in [-0.05, 0) is 109 Å². The van der Waals surface area contributed by atoms with Crippen molar-refractivity contribution >= 4 is 30.3 Å². The Morgan fingerprint density at radius 3 is 1.89 bits per heavy atom. The highest BCUT2D eigenvalue weighted by Gasteiger charge is 2.57. The number of nitrogens with one attached hydrogen (secondary N) is 3. The molecule has 0 aromatic rings. The average molecular weight is 945 g/mol. The third kappa shape index (κ3) is 14.4. The molecule has 0 radical (unpaired) electrons. The first-order valence-electron chi connectivity index (χ1n) is 22.4. The van der Waals surface area contributed by atoms with Gasteiger partial charge in [0, 0.05) is 32.0 Å². The van der Waals surface area contributed by atoms with Crippen LogP contribution in [0.15, 0.2) is 11.8 Å². The fourth-order valence-corrected chi connectivity index (χ4v) is 8.47. The van der Waals surface area contributed by atoms with E-state index in [2.05, 4.69) is 16.0 Å². The second kappa shape index (κ2) is 20.2. The Hall–Kier alpha value is -4.19. The Labute approximate surface area is 387 Å². The van der Waals surface area contributed by atoms with Gasteiger partial charge in [-0.15, -0.1) is 0 Å². The van der Waals surface area contributed by atoms with Crippen molar-refractivity contribution in [1.29, 1.82) is 0 Å². The van der Waals surface area contributed by atoms with E-state index in [1.54, 1.807) is 89.2 Å². The number of nitrogens with zero attached hydrogens (tertiary/aromatic N) is 2. The summed E-state index contributed by atoms with van der Waals surface area (Å²) in [6, 6.07) is -4.79. The van der Waals surface area contributed by atoms with Gasteiger partial charge >= 0.3 is 24.4 Å². The minimum Gasteiger partial charge on any atom is -0.491 e. The highest BCUT2D eigenvalue weighted by molar-refractivity contribution is 5.87. The molecule has 22 heteroatoms. The van der Waals surface area contributed by atoms with Crippen LogP contribution in [0, 0.1) is 5.92 Å². The molecule has 1 aliphatic carbocycles. The zero-order chi connectivity index (χ0) is 50.1. The minimum absolute atomic E-state index is 0.0341. The molecule has 4 aliphatic rings. The number of nitrogens with two attached hydrogens (primary N) is 1. The molecule has 22 nitrogen and oxygen atoms in total. The number of ether oxygens (including phenoxy) is 7. The third-order valence-corrected chi connectivity index (χ3v) is 11.2. The molecule has 5 amide bonds. The molecule has 3 fully saturated rings. The summed E-state index contributed by atoms with van der Waals surface area (Å²) in [6.45, 7) is 20.3. The van der Waals surface area contributed by atoms with Crippen molar-refractivity contribution in [1.82, 2.24) is 25.8 Å². The molecule has 2 unspecified atom stereocenters. The normalized spacial score (nSPS) is 33.1. The van der Waals surface area contributed by atoms with Crippen LogP contribution in [0.1, 0.15) is 109 Å². The van der Waals surface area contributed by atoms with E-state index >= 15 is 0 Å². The van der Waals surface area contributed by atoms with E-state index in [4.69, 9.17) is 38.9 Å². The van der Waals surface area contributed by atoms with Crippen molar-refractivity contribution in [3.8, 4) is 0 Å². The maximum Gasteiger partial charge on any atom is 0.410 e. The number of alkyl carbamates (subject to hydrolysis) is 2. The zero-order valence-corrected chi connectivity index (χ0v) is 41.0. The second-order valence-corrected chi connectivity index (χ2v) is 21.9. The van der Waals surface area contributed by atoms with Crippen LogP contribution in [0.4, 0.5) is 19.2 Å². The largest absolute Gasteiger partial charge is 0.491 e. The summed E-state index contributed by atoms with van der Waals surface area (Å²) in [6.07, 6.45) is -10.0. The van der Waals surface area contributed by atoms with E-state index < -0.39 is 138 Å². The Balaban J connectivity index is 1.81. The first kappa shape index (κ1) is 54.4. The van der Waals surface area contributed by atoms with E-state index in [-0.39, 0.29) is 32.4 Å². The molecule has 3 aliphatic heterocycles. The van der Waals surface area contributed by atoms with Crippen LogP contribution in [0.3, 0.4) is 0 Å². The second-order valence-electron chi connectivity index (χ2n) is 21.9. The molecule has 3 heterocycles. The monoisotopic (exact) mass is 945 g/mol. The molecule has 0 aromatic heterocycles. The molecule has 12 atom stereocenters. The van der Waals surface area contributed by atoms with Crippen molar-refractivity contribution in [2.45, 2.75) is 198 Å². The maximum absolute atomic E-state index is 14.3. The van der Waals surface area contributed by atoms with E-state index in [0.29, 0.717) is 5.76 Å². The van der Waals surface area contributed by atoms with Gasteiger partial charge in [0.05, 0.1) is 43.9 Å². The Morgan fingerprint density at radius 1 is 0.818 bits per heavy atom. The number of rotatable bonds is 9. The number of carbonyl (C=O) groups excluding carboxylic acids is 5. The molecule has 2 saturated heterocycles. The van der Waals surface area contributed by atoms with Crippen molar-refractivity contribution in [3.05, 3.63) is 11.8 Å². The summed E-state index contributed by atoms with van der Waals surface area (Å²) in [4.78, 5) is 69.7. The average Bonchev–Trinajstić information content (AvgIpc) is 3.55. The Kier molecular flexibility index (Phi) is 16.6. The molecule has 66 heavy (non-hydrogen) atoms. The van der Waals surface area contributed by atoms with Gasteiger partial charge in [-0.3, -0.25) is 4.79 Å². The summed E-state index contributed by atoms with van der Waals surface area (Å²) in [5.74, 6) is -1.89. The zero-order valence-electron chi connectivity index (χ0n) is 41.0. The Bertz CT molecular complexity index is 1790. The lowest BCUT2D eigenvalue weighted by Gasteiger charge is -2.52. The number of carbonyl (C=O) groups is 5. The van der Waals surface area contributed by atoms with Gasteiger partial charge in [-0.25, -0.2) is 19.2 Å². The third-order valence-electron chi connectivity index (χ3n) is 11.2. The van der Waals surface area contributed by atoms with Crippen LogP contribution >= 0.6 is 0 Å². The predicted molar refractivity (Wildman–Crippen MR) is 235 cm³/mol. The molecule has 1 saturated carbocycles. The highest BCUT2D eigenvalue weighted by atomic mass is 16.7. The van der Waals surface area contributed by atoms with Crippen LogP contribution in [-0.2, 0) is 38.0 Å². The first-order valence-corrected chi connectivity index (χ1v) is 22.4. The van der Waals surface area contributed by atoms with Crippen LogP contribution in [0.5, 0.6) is 0 Å². The van der Waals surface area contributed by atoms with Gasteiger partial charge in [0.1, 0.15) is 52.1 Å². The lowest BCUT2D eigenvalue weighted by Crippen LogP contribution is -2.71. The van der Waals surface area contributed by atoms with E-state index in [0.717, 1.165) is 4.90 Å². The van der Waals surface area contributed by atoms with Gasteiger partial charge in [0.25, 0.3) is 5.91 Å². The van der Waals surface area contributed by atoms with E-state index in [1.165, 1.54) is 18.9 Å². The van der Waals surface area contributed by atoms with Crippen LogP contribution in [-0.4, -0.2) is 182 Å². The predicted octanol–water partition coefficient (Wildman–Crippen LogP) is 1.73. The fourth-order valence-electron chi connectivity index (χ4n) is 8.47. The summed E-state index contributed by atoms with van der Waals surface area (Å²) in [5, 5.41) is 56.4. The standard InChI is InChI=1S/C44H76N6O16/c1-39(2,3)63-35(54)47-24-16-15-23(20-45)61-30(24)27-25(48-36(55)64-40(4,5)6)19-26(46-34(53)44(59)17-18-50(21-44)38(57)66-42(10,11)12)31(28(27)51)62-33-29(52)32(43(13,58)22-60-33)49(14)37(56)65-41(7,8)9/h15,24-33,51-52,58-59H,16-22,45H2,1-14H3,(H,46,53)(H,47,54)(H,48,55)/t24-,25+,26-,27-,28+,29-,30?,31+,32-,33-,43+,44?/m1/s1. The summed E-state index contributed by atoms with van der Waals surface area (Å²) >= 11 is 0. The van der Waals surface area contributed by atoms with Crippen LogP contribution in [0.2, 0.25) is 0 Å². The van der Waals surface area contributed by atoms with Gasteiger partial charge < -0.3 is 85.1 Å². The molecule has 0 spiro atoms. The van der Waals surface area contributed by atoms with Crippen LogP contribution in [0.25, 0.3) is 0 Å². The molecular formula is C44H76N6O16. The minimum atomic E-state index is -2.16. The van der Waals surface area contributed by atoms with Gasteiger partial charge in [0.2, 0.25) is 0 Å². The van der Waals surface area contributed by atoms with E-state index in [9.17, 15) is 44.4 Å². The number of likely N-dealkylation sites (N-methyl/N-ethyl adjacent to an activating group) is 1. The number of aliphatic hydroxyl groups is 4. The molecule has 378 valence electrons. The number of amides is 5. The molecular weight excluding hydrogens is 869 g/mol. The summed E-state index contributed by atoms with van der Waals surface area (Å²) < 4.78 is 41.0. The fraction of sp³-hybridized carbons (Fsp3) is 0.841. The number of β-amino-alcohol motifs (C(OH)–C–C–N with tert-alkyl or cyclic N) is 1. The van der Waals surface area contributed by atoms with Crippen LogP contribution < -0.4 is 21.7 Å². The molecule has 0 aromatic carbocycles. The molecule has 9 N–H and O–H groups in total. The summed E-state index contributed by atoms with van der Waals surface area (Å²) in [5.41, 5.74) is -1.65. The van der Waals surface area contributed by atoms with Crippen molar-refractivity contribution in [3.63, 3.8) is 0 Å². The molecule has 4 rings (SSSR count). The molecule has 0 bridgehead atoms. The first-order chi connectivity index (χ1) is 30.0. The van der Waals surface area contributed by atoms with Gasteiger partial charge in [-0.1, -0.05) is 0 Å². The van der Waals surface area contributed by atoms with Gasteiger partial charge in [0.15, 0.2) is 11.9 Å². The smallest absolute Gasteiger partial charge is 0.410 e. The summed E-state index contributed by atoms with van der Waals surface area (Å²) in [7, 11) is 1.32. The number of hydrogen-bond donors (Lipinski definition) is 8. The van der Waals surface area contributed by atoms with Crippen molar-refractivity contribution in [2.24, 2.45) is 11.7 Å². The lowest BCUT2D eigenvalue weighted by molar-refractivity contribution is -0.306. The number of aliphatic hydroxyl groups excluding tert-OH is 2.